The van der Waals surface area contributed by atoms with Gasteiger partial charge in [-0.05, 0) is 68.8 Å². The van der Waals surface area contributed by atoms with Crippen LogP contribution in [0.25, 0.3) is 16.6 Å². The van der Waals surface area contributed by atoms with Gasteiger partial charge >= 0.3 is 5.97 Å². The van der Waals surface area contributed by atoms with Crippen molar-refractivity contribution in [2.75, 3.05) is 44.2 Å². The minimum absolute atomic E-state index is 0.0301. The Kier molecular flexibility index (Phi) is 8.80. The predicted molar refractivity (Wildman–Crippen MR) is 163 cm³/mol. The molecule has 5 rings (SSSR count). The molecule has 2 aliphatic heterocycles. The van der Waals surface area contributed by atoms with Crippen molar-refractivity contribution < 1.29 is 18.7 Å². The third-order valence-corrected chi connectivity index (χ3v) is 8.28. The number of aromatic carboxylic acids is 1. The highest BCUT2D eigenvalue weighted by molar-refractivity contribution is 6.38. The molecule has 2 saturated heterocycles. The maximum Gasteiger partial charge on any atom is 0.341 e. The first-order valence-corrected chi connectivity index (χ1v) is 14.4. The van der Waals surface area contributed by atoms with Crippen LogP contribution in [0.1, 0.15) is 35.7 Å². The van der Waals surface area contributed by atoms with Gasteiger partial charge in [0.25, 0.3) is 0 Å². The van der Waals surface area contributed by atoms with Crippen LogP contribution >= 0.6 is 11.6 Å². The fourth-order valence-electron chi connectivity index (χ4n) is 5.61. The molecular formula is C32H33ClF2N4O3. The second kappa shape index (κ2) is 12.5. The van der Waals surface area contributed by atoms with Gasteiger partial charge in [0, 0.05) is 50.3 Å². The molecule has 0 saturated carbocycles. The lowest BCUT2D eigenvalue weighted by Crippen LogP contribution is -2.46. The van der Waals surface area contributed by atoms with E-state index in [0.717, 1.165) is 31.3 Å². The third-order valence-electron chi connectivity index (χ3n) is 7.92. The Balaban J connectivity index is 1.51. The number of halogens is 3. The highest BCUT2D eigenvalue weighted by atomic mass is 35.5. The van der Waals surface area contributed by atoms with Crippen molar-refractivity contribution in [3.8, 4) is 5.69 Å². The van der Waals surface area contributed by atoms with Crippen molar-refractivity contribution in [2.24, 2.45) is 0 Å². The van der Waals surface area contributed by atoms with E-state index in [9.17, 15) is 19.1 Å². The molecule has 3 aromatic rings. The van der Waals surface area contributed by atoms with Gasteiger partial charge in [-0.2, -0.15) is 0 Å². The van der Waals surface area contributed by atoms with E-state index >= 15 is 4.39 Å². The molecule has 0 bridgehead atoms. The van der Waals surface area contributed by atoms with Crippen molar-refractivity contribution in [1.82, 2.24) is 14.4 Å². The van der Waals surface area contributed by atoms with Gasteiger partial charge in [-0.25, -0.2) is 13.6 Å². The number of benzene rings is 2. The zero-order valence-electron chi connectivity index (χ0n) is 23.5. The van der Waals surface area contributed by atoms with E-state index in [1.54, 1.807) is 22.5 Å². The first-order valence-electron chi connectivity index (χ1n) is 14.0. The molecule has 0 amide bonds. The van der Waals surface area contributed by atoms with Gasteiger partial charge in [0.2, 0.25) is 5.43 Å². The smallest absolute Gasteiger partial charge is 0.341 e. The topological polar surface area (TPSA) is 69.0 Å². The van der Waals surface area contributed by atoms with E-state index < -0.39 is 22.8 Å². The average molecular weight is 595 g/mol. The SMILES string of the molecule is C=C(/C=C\C(F)=C/C)N1CCN(c2c(F)cc3c(=O)c(C(=O)O)cn(-c4ccc(CN5CCCC5)cc4)c3c2Cl)CC1. The summed E-state index contributed by atoms with van der Waals surface area (Å²) < 4.78 is 30.7. The van der Waals surface area contributed by atoms with Gasteiger partial charge in [0.1, 0.15) is 17.2 Å². The first-order chi connectivity index (χ1) is 20.2. The molecule has 0 radical (unpaired) electrons. The number of carboxylic acids is 1. The maximum atomic E-state index is 15.6. The van der Waals surface area contributed by atoms with E-state index in [2.05, 4.69) is 11.5 Å². The predicted octanol–water partition coefficient (Wildman–Crippen LogP) is 6.14. The van der Waals surface area contributed by atoms with Crippen LogP contribution in [0.15, 0.2) is 77.7 Å². The van der Waals surface area contributed by atoms with Crippen LogP contribution in [0.4, 0.5) is 14.5 Å². The molecule has 10 heteroatoms. The maximum absolute atomic E-state index is 15.6. The summed E-state index contributed by atoms with van der Waals surface area (Å²) in [5, 5.41) is 9.68. The van der Waals surface area contributed by atoms with Crippen molar-refractivity contribution in [1.29, 1.82) is 0 Å². The summed E-state index contributed by atoms with van der Waals surface area (Å²) in [5.41, 5.74) is 1.48. The van der Waals surface area contributed by atoms with Crippen molar-refractivity contribution in [3.63, 3.8) is 0 Å². The van der Waals surface area contributed by atoms with Crippen LogP contribution in [0.5, 0.6) is 0 Å². The number of nitrogens with zero attached hydrogens (tertiary/aromatic N) is 4. The molecule has 2 aromatic carbocycles. The van der Waals surface area contributed by atoms with E-state index in [1.807, 2.05) is 29.2 Å². The minimum atomic E-state index is -1.40. The minimum Gasteiger partial charge on any atom is -0.477 e. The number of hydrogen-bond acceptors (Lipinski definition) is 5. The highest BCUT2D eigenvalue weighted by Crippen LogP contribution is 2.37. The second-order valence-electron chi connectivity index (χ2n) is 10.6. The zero-order valence-corrected chi connectivity index (χ0v) is 24.2. The molecule has 0 atom stereocenters. The standard InChI is InChI=1S/C32H33ClF2N4O3/c1-3-23(34)9-6-21(2)37-14-16-38(17-15-37)30-27(35)18-25-29(28(30)33)39(20-26(31(25)40)32(41)42)24-10-7-22(8-11-24)19-36-12-4-5-13-36/h3,6-11,18,20H,2,4-5,12-17,19H2,1H3,(H,41,42)/b9-6-,23-3+. The van der Waals surface area contributed by atoms with Crippen LogP contribution in [-0.4, -0.2) is 64.7 Å². The summed E-state index contributed by atoms with van der Waals surface area (Å²) in [6.07, 6.45) is 7.94. The number of piperazine rings is 1. The quantitative estimate of drug-likeness (QED) is 0.316. The summed E-state index contributed by atoms with van der Waals surface area (Å²) >= 11 is 6.90. The Morgan fingerprint density at radius 1 is 1.07 bits per heavy atom. The summed E-state index contributed by atoms with van der Waals surface area (Å²) in [5.74, 6) is -2.47. The fraction of sp³-hybridized carbons (Fsp3) is 0.312. The number of carboxylic acid groups (broad SMARTS) is 1. The Morgan fingerprint density at radius 3 is 2.36 bits per heavy atom. The lowest BCUT2D eigenvalue weighted by atomic mass is 10.1. The molecule has 42 heavy (non-hydrogen) atoms. The number of carbonyl (C=O) groups is 1. The third kappa shape index (κ3) is 5.98. The van der Waals surface area contributed by atoms with Gasteiger partial charge in [-0.1, -0.05) is 36.4 Å². The molecule has 0 aliphatic carbocycles. The van der Waals surface area contributed by atoms with Gasteiger partial charge in [0.05, 0.1) is 21.6 Å². The lowest BCUT2D eigenvalue weighted by molar-refractivity contribution is 0.0695. The van der Waals surface area contributed by atoms with Crippen LogP contribution in [0.2, 0.25) is 5.02 Å². The lowest BCUT2D eigenvalue weighted by Gasteiger charge is -2.38. The molecule has 2 fully saturated rings. The molecular weight excluding hydrogens is 562 g/mol. The van der Waals surface area contributed by atoms with Crippen molar-refractivity contribution in [3.05, 3.63) is 105 Å². The normalized spacial score (nSPS) is 16.6. The van der Waals surface area contributed by atoms with Crippen molar-refractivity contribution >= 4 is 34.2 Å². The number of allylic oxidation sites excluding steroid dienone is 4. The van der Waals surface area contributed by atoms with Crippen molar-refractivity contribution in [2.45, 2.75) is 26.3 Å². The molecule has 220 valence electrons. The Hall–Kier alpha value is -3.95. The van der Waals surface area contributed by atoms with Gasteiger partial charge < -0.3 is 19.5 Å². The number of fused-ring (bicyclic) bond motifs is 1. The summed E-state index contributed by atoms with van der Waals surface area (Å²) in [7, 11) is 0. The van der Waals surface area contributed by atoms with Crippen LogP contribution in [-0.2, 0) is 6.54 Å². The number of pyridine rings is 1. The number of rotatable bonds is 8. The summed E-state index contributed by atoms with van der Waals surface area (Å²) in [6, 6.07) is 8.74. The van der Waals surface area contributed by atoms with E-state index in [-0.39, 0.29) is 27.4 Å². The molecule has 0 unspecified atom stereocenters. The number of anilines is 1. The van der Waals surface area contributed by atoms with Gasteiger partial charge in [0.15, 0.2) is 0 Å². The first kappa shape index (κ1) is 29.5. The van der Waals surface area contributed by atoms with Crippen LogP contribution in [0, 0.1) is 5.82 Å². The number of aromatic nitrogens is 1. The Labute approximate surface area is 248 Å². The van der Waals surface area contributed by atoms with Crippen LogP contribution in [0.3, 0.4) is 0 Å². The molecule has 1 aromatic heterocycles. The zero-order chi connectivity index (χ0) is 30.0. The Bertz CT molecular complexity index is 1630. The Morgan fingerprint density at radius 2 is 1.74 bits per heavy atom. The van der Waals surface area contributed by atoms with E-state index in [0.29, 0.717) is 37.6 Å². The summed E-state index contributed by atoms with van der Waals surface area (Å²) in [6.45, 7) is 10.4. The van der Waals surface area contributed by atoms with E-state index in [4.69, 9.17) is 11.6 Å². The van der Waals surface area contributed by atoms with Gasteiger partial charge in [-0.3, -0.25) is 9.69 Å². The molecule has 1 N–H and O–H groups in total. The van der Waals surface area contributed by atoms with Crippen LogP contribution < -0.4 is 10.3 Å². The van der Waals surface area contributed by atoms with Gasteiger partial charge in [-0.15, -0.1) is 0 Å². The summed E-state index contributed by atoms with van der Waals surface area (Å²) in [4.78, 5) is 31.3. The highest BCUT2D eigenvalue weighted by Gasteiger charge is 2.27. The molecule has 3 heterocycles. The number of hydrogen-bond donors (Lipinski definition) is 1. The second-order valence-corrected chi connectivity index (χ2v) is 11.0. The number of likely N-dealkylation sites (tertiary alicyclic amines) is 1. The molecule has 2 aliphatic rings. The largest absolute Gasteiger partial charge is 0.477 e. The van der Waals surface area contributed by atoms with E-state index in [1.165, 1.54) is 31.2 Å². The fourth-order valence-corrected chi connectivity index (χ4v) is 6.01. The molecule has 0 spiro atoms. The average Bonchev–Trinajstić information content (AvgIpc) is 3.50. The monoisotopic (exact) mass is 594 g/mol. The molecule has 7 nitrogen and oxygen atoms in total.